The number of amides is 1. The smallest absolute Gasteiger partial charge is 0.410 e. The minimum absolute atomic E-state index is 0.297. The maximum absolute atomic E-state index is 12.5. The lowest BCUT2D eigenvalue weighted by Gasteiger charge is -2.32. The topological polar surface area (TPSA) is 62.6 Å². The van der Waals surface area contributed by atoms with Gasteiger partial charge in [-0.15, -0.1) is 0 Å². The summed E-state index contributed by atoms with van der Waals surface area (Å²) in [5.74, 6) is 0.650. The van der Waals surface area contributed by atoms with E-state index in [0.717, 1.165) is 23.1 Å². The van der Waals surface area contributed by atoms with Crippen molar-refractivity contribution < 1.29 is 14.3 Å². The summed E-state index contributed by atoms with van der Waals surface area (Å²) in [7, 11) is 1.60. The first-order chi connectivity index (χ1) is 12.8. The number of carbonyl (C=O) groups is 1. The van der Waals surface area contributed by atoms with Crippen LogP contribution in [-0.2, 0) is 17.7 Å². The maximum atomic E-state index is 12.5. The fourth-order valence-electron chi connectivity index (χ4n) is 3.30. The molecule has 0 spiro atoms. The summed E-state index contributed by atoms with van der Waals surface area (Å²) >= 11 is 0. The molecule has 0 bridgehead atoms. The fraction of sp³-hybridized carbons (Fsp3) is 0.364. The minimum atomic E-state index is -0.521. The number of hydrogen-bond donors (Lipinski definition) is 0. The number of nitrogens with zero attached hydrogens (tertiary/aromatic N) is 2. The number of methoxy groups -OCH3 is 1. The number of fused-ring (bicyclic) bond motifs is 1. The van der Waals surface area contributed by atoms with E-state index in [0.29, 0.717) is 24.4 Å². The molecule has 1 heterocycles. The van der Waals surface area contributed by atoms with E-state index in [1.54, 1.807) is 24.1 Å². The van der Waals surface area contributed by atoms with Crippen LogP contribution < -0.4 is 4.74 Å². The average Bonchev–Trinajstić information content (AvgIpc) is 2.65. The van der Waals surface area contributed by atoms with Crippen molar-refractivity contribution >= 4 is 6.09 Å². The molecule has 5 heteroatoms. The Morgan fingerprint density at radius 1 is 1.19 bits per heavy atom. The highest BCUT2D eigenvalue weighted by Crippen LogP contribution is 2.36. The Kier molecular flexibility index (Phi) is 5.09. The van der Waals surface area contributed by atoms with Crippen molar-refractivity contribution in [1.29, 1.82) is 5.26 Å². The molecule has 0 unspecified atom stereocenters. The van der Waals surface area contributed by atoms with E-state index in [1.165, 1.54) is 5.56 Å². The van der Waals surface area contributed by atoms with Gasteiger partial charge in [0.15, 0.2) is 0 Å². The van der Waals surface area contributed by atoms with Gasteiger partial charge in [0.2, 0.25) is 0 Å². The third kappa shape index (κ3) is 4.06. The van der Waals surface area contributed by atoms with Crippen molar-refractivity contribution in [1.82, 2.24) is 4.90 Å². The highest BCUT2D eigenvalue weighted by molar-refractivity contribution is 5.77. The van der Waals surface area contributed by atoms with Crippen molar-refractivity contribution in [2.75, 3.05) is 13.7 Å². The Morgan fingerprint density at radius 2 is 1.96 bits per heavy atom. The predicted octanol–water partition coefficient (Wildman–Crippen LogP) is 4.53. The van der Waals surface area contributed by atoms with Crippen LogP contribution in [0.25, 0.3) is 11.1 Å². The lowest BCUT2D eigenvalue weighted by atomic mass is 9.90. The van der Waals surface area contributed by atoms with Gasteiger partial charge < -0.3 is 14.4 Å². The van der Waals surface area contributed by atoms with Crippen LogP contribution in [0.2, 0.25) is 0 Å². The molecule has 2 aromatic carbocycles. The second-order valence-corrected chi connectivity index (χ2v) is 7.62. The molecule has 1 aliphatic heterocycles. The minimum Gasteiger partial charge on any atom is -0.496 e. The molecular weight excluding hydrogens is 340 g/mol. The van der Waals surface area contributed by atoms with Gasteiger partial charge in [-0.1, -0.05) is 18.2 Å². The van der Waals surface area contributed by atoms with Gasteiger partial charge in [0.25, 0.3) is 0 Å². The zero-order valence-electron chi connectivity index (χ0n) is 16.2. The van der Waals surface area contributed by atoms with Crippen molar-refractivity contribution in [2.24, 2.45) is 0 Å². The number of nitriles is 1. The molecule has 1 aliphatic rings. The maximum Gasteiger partial charge on any atom is 0.410 e. The Morgan fingerprint density at radius 3 is 2.63 bits per heavy atom. The van der Waals surface area contributed by atoms with Crippen LogP contribution in [0.1, 0.15) is 37.5 Å². The first kappa shape index (κ1) is 18.8. The molecule has 3 rings (SSSR count). The second-order valence-electron chi connectivity index (χ2n) is 7.62. The van der Waals surface area contributed by atoms with E-state index in [1.807, 2.05) is 39.0 Å². The Bertz CT molecular complexity index is 907. The van der Waals surface area contributed by atoms with E-state index in [4.69, 9.17) is 14.7 Å². The fourth-order valence-corrected chi connectivity index (χ4v) is 3.30. The summed E-state index contributed by atoms with van der Waals surface area (Å²) in [5.41, 5.74) is 4.28. The molecule has 0 saturated heterocycles. The number of benzene rings is 2. The number of hydrogen-bond acceptors (Lipinski definition) is 4. The van der Waals surface area contributed by atoms with Crippen molar-refractivity contribution in [3.63, 3.8) is 0 Å². The van der Waals surface area contributed by atoms with Gasteiger partial charge in [0.05, 0.1) is 18.7 Å². The molecule has 0 atom stereocenters. The average molecular weight is 364 g/mol. The number of carbonyl (C=O) groups excluding carboxylic acids is 1. The summed E-state index contributed by atoms with van der Waals surface area (Å²) in [4.78, 5) is 14.3. The highest BCUT2D eigenvalue weighted by Gasteiger charge is 2.27. The first-order valence-corrected chi connectivity index (χ1v) is 8.99. The van der Waals surface area contributed by atoms with Gasteiger partial charge in [0, 0.05) is 18.7 Å². The molecule has 1 amide bonds. The molecule has 0 N–H and O–H groups in total. The summed E-state index contributed by atoms with van der Waals surface area (Å²) in [6.45, 7) is 6.74. The van der Waals surface area contributed by atoms with E-state index in [2.05, 4.69) is 12.1 Å². The highest BCUT2D eigenvalue weighted by atomic mass is 16.6. The third-order valence-electron chi connectivity index (χ3n) is 4.55. The van der Waals surface area contributed by atoms with Crippen molar-refractivity contribution in [3.8, 4) is 22.9 Å². The van der Waals surface area contributed by atoms with E-state index in [-0.39, 0.29) is 6.09 Å². The Labute approximate surface area is 160 Å². The van der Waals surface area contributed by atoms with E-state index < -0.39 is 5.60 Å². The largest absolute Gasteiger partial charge is 0.496 e. The van der Waals surface area contributed by atoms with Gasteiger partial charge in [-0.25, -0.2) is 4.79 Å². The molecule has 5 nitrogen and oxygen atoms in total. The van der Waals surface area contributed by atoms with Crippen molar-refractivity contribution in [3.05, 3.63) is 53.1 Å². The molecule has 0 saturated carbocycles. The molecule has 0 aliphatic carbocycles. The zero-order valence-corrected chi connectivity index (χ0v) is 16.2. The SMILES string of the molecule is COc1cc(C#N)ccc1-c1cccc2c1CN(C(=O)OC(C)(C)C)CC2. The summed E-state index contributed by atoms with van der Waals surface area (Å²) in [5, 5.41) is 9.14. The molecular formula is C22H24N2O3. The van der Waals surface area contributed by atoms with Crippen LogP contribution in [-0.4, -0.2) is 30.2 Å². The standard InChI is InChI=1S/C22H24N2O3/c1-22(2,3)27-21(25)24-11-10-16-6-5-7-17(19(16)14-24)18-9-8-15(13-23)12-20(18)26-4/h5-9,12H,10-11,14H2,1-4H3. The summed E-state index contributed by atoms with van der Waals surface area (Å²) in [6.07, 6.45) is 0.482. The quantitative estimate of drug-likeness (QED) is 0.785. The molecule has 140 valence electrons. The Balaban J connectivity index is 1.98. The van der Waals surface area contributed by atoms with Gasteiger partial charge in [-0.05, 0) is 62.1 Å². The summed E-state index contributed by atoms with van der Waals surface area (Å²) < 4.78 is 11.1. The molecule has 27 heavy (non-hydrogen) atoms. The van der Waals surface area contributed by atoms with Gasteiger partial charge in [-0.3, -0.25) is 0 Å². The lowest BCUT2D eigenvalue weighted by molar-refractivity contribution is 0.0224. The number of ether oxygens (including phenoxy) is 2. The van der Waals surface area contributed by atoms with Crippen LogP contribution in [0.3, 0.4) is 0 Å². The number of rotatable bonds is 2. The molecule has 2 aromatic rings. The van der Waals surface area contributed by atoms with Gasteiger partial charge in [-0.2, -0.15) is 5.26 Å². The van der Waals surface area contributed by atoms with Crippen LogP contribution in [0.4, 0.5) is 4.79 Å². The van der Waals surface area contributed by atoms with Crippen LogP contribution >= 0.6 is 0 Å². The Hall–Kier alpha value is -3.00. The predicted molar refractivity (Wildman–Crippen MR) is 103 cm³/mol. The zero-order chi connectivity index (χ0) is 19.6. The monoisotopic (exact) mass is 364 g/mol. The summed E-state index contributed by atoms with van der Waals surface area (Å²) in [6, 6.07) is 13.7. The van der Waals surface area contributed by atoms with E-state index >= 15 is 0 Å². The second kappa shape index (κ2) is 7.32. The van der Waals surface area contributed by atoms with Gasteiger partial charge >= 0.3 is 6.09 Å². The normalized spacial score (nSPS) is 13.5. The van der Waals surface area contributed by atoms with Crippen LogP contribution in [0, 0.1) is 11.3 Å². The molecule has 0 fully saturated rings. The van der Waals surface area contributed by atoms with Crippen LogP contribution in [0.5, 0.6) is 5.75 Å². The first-order valence-electron chi connectivity index (χ1n) is 8.99. The lowest BCUT2D eigenvalue weighted by Crippen LogP contribution is -2.40. The van der Waals surface area contributed by atoms with Crippen LogP contribution in [0.15, 0.2) is 36.4 Å². The third-order valence-corrected chi connectivity index (χ3v) is 4.55. The molecule has 0 radical (unpaired) electrons. The van der Waals surface area contributed by atoms with E-state index in [9.17, 15) is 4.79 Å². The van der Waals surface area contributed by atoms with Gasteiger partial charge in [0.1, 0.15) is 11.4 Å². The molecule has 0 aromatic heterocycles. The van der Waals surface area contributed by atoms with Crippen molar-refractivity contribution in [2.45, 2.75) is 39.3 Å².